The van der Waals surface area contributed by atoms with Gasteiger partial charge in [-0.3, -0.25) is 14.6 Å². The number of piperazine rings is 1. The van der Waals surface area contributed by atoms with Gasteiger partial charge in [-0.2, -0.15) is 0 Å². The van der Waals surface area contributed by atoms with Crippen molar-refractivity contribution in [2.75, 3.05) is 45.1 Å². The van der Waals surface area contributed by atoms with E-state index in [-0.39, 0.29) is 23.8 Å². The predicted molar refractivity (Wildman–Crippen MR) is 137 cm³/mol. The number of benzene rings is 2. The van der Waals surface area contributed by atoms with E-state index in [1.54, 1.807) is 0 Å². The highest BCUT2D eigenvalue weighted by Crippen LogP contribution is 2.43. The Morgan fingerprint density at radius 2 is 1.97 bits per heavy atom. The molecule has 35 heavy (non-hydrogen) atoms. The van der Waals surface area contributed by atoms with Gasteiger partial charge in [0.2, 0.25) is 11.8 Å². The van der Waals surface area contributed by atoms with Crippen molar-refractivity contribution in [3.05, 3.63) is 59.8 Å². The van der Waals surface area contributed by atoms with E-state index >= 15 is 0 Å². The second kappa shape index (κ2) is 8.96. The van der Waals surface area contributed by atoms with Crippen LogP contribution in [0.5, 0.6) is 0 Å². The zero-order chi connectivity index (χ0) is 23.9. The highest BCUT2D eigenvalue weighted by molar-refractivity contribution is 6.02. The number of hydrogen-bond acceptors (Lipinski definition) is 5. The molecule has 3 aromatic rings. The van der Waals surface area contributed by atoms with Crippen LogP contribution < -0.4 is 10.6 Å². The molecule has 0 spiro atoms. The number of likely N-dealkylation sites (N-methyl/N-ethyl adjacent to an activating group) is 1. The van der Waals surface area contributed by atoms with E-state index in [2.05, 4.69) is 46.8 Å². The Labute approximate surface area is 205 Å². The van der Waals surface area contributed by atoms with Crippen LogP contribution in [0.4, 0.5) is 5.69 Å². The van der Waals surface area contributed by atoms with E-state index in [1.807, 2.05) is 29.3 Å². The SMILES string of the molecule is CN1CCN(C(=O)Cc2cccc(-c3cc4c5c(ccc4cn3)C3C(=O)NCCCC3N5)c2)CC1. The largest absolute Gasteiger partial charge is 0.380 e. The third kappa shape index (κ3) is 4.14. The van der Waals surface area contributed by atoms with E-state index in [9.17, 15) is 9.59 Å². The quantitative estimate of drug-likeness (QED) is 0.617. The van der Waals surface area contributed by atoms with Gasteiger partial charge in [-0.05, 0) is 43.1 Å². The average Bonchev–Trinajstić information content (AvgIpc) is 3.16. The summed E-state index contributed by atoms with van der Waals surface area (Å²) in [5.41, 5.74) is 5.00. The Morgan fingerprint density at radius 3 is 2.83 bits per heavy atom. The van der Waals surface area contributed by atoms with Gasteiger partial charge in [0.25, 0.3) is 0 Å². The van der Waals surface area contributed by atoms with Crippen LogP contribution in [-0.4, -0.2) is 72.4 Å². The van der Waals surface area contributed by atoms with Crippen molar-refractivity contribution < 1.29 is 9.59 Å². The summed E-state index contributed by atoms with van der Waals surface area (Å²) in [5.74, 6) is 0.156. The Kier molecular flexibility index (Phi) is 5.65. The first-order valence-corrected chi connectivity index (χ1v) is 12.6. The van der Waals surface area contributed by atoms with E-state index in [0.29, 0.717) is 6.42 Å². The number of carbonyl (C=O) groups excluding carboxylic acids is 2. The Bertz CT molecular complexity index is 1300. The zero-order valence-electron chi connectivity index (χ0n) is 20.1. The number of rotatable bonds is 3. The number of nitrogens with zero attached hydrogens (tertiary/aromatic N) is 3. The first-order valence-electron chi connectivity index (χ1n) is 12.6. The molecule has 3 aliphatic heterocycles. The first kappa shape index (κ1) is 22.0. The molecule has 0 aliphatic carbocycles. The van der Waals surface area contributed by atoms with Crippen LogP contribution in [-0.2, 0) is 16.0 Å². The number of pyridine rings is 1. The molecular formula is C28H31N5O2. The minimum absolute atomic E-state index is 0.116. The van der Waals surface area contributed by atoms with E-state index in [0.717, 1.165) is 84.4 Å². The number of aromatic nitrogens is 1. The summed E-state index contributed by atoms with van der Waals surface area (Å²) in [6.45, 7) is 4.18. The molecule has 0 saturated carbocycles. The highest BCUT2D eigenvalue weighted by Gasteiger charge is 2.39. The summed E-state index contributed by atoms with van der Waals surface area (Å²) in [7, 11) is 2.09. The standard InChI is InChI=1S/C28H31N5O2/c1-32-10-12-33(13-11-32)25(34)15-18-4-2-5-19(14-18)24-16-22-20(17-30-24)7-8-21-26-23(31-27(21)22)6-3-9-29-28(26)35/h2,4-5,7-8,14,16-17,23,26,31H,3,6,9-13,15H2,1H3,(H,29,35). The number of hydrogen-bond donors (Lipinski definition) is 2. The maximum absolute atomic E-state index is 12.9. The zero-order valence-corrected chi connectivity index (χ0v) is 20.1. The number of anilines is 1. The molecule has 7 heteroatoms. The predicted octanol–water partition coefficient (Wildman–Crippen LogP) is 3.01. The number of amides is 2. The van der Waals surface area contributed by atoms with Gasteiger partial charge in [-0.1, -0.05) is 30.3 Å². The third-order valence-electron chi connectivity index (χ3n) is 7.71. The van der Waals surface area contributed by atoms with Crippen molar-refractivity contribution >= 4 is 28.3 Å². The van der Waals surface area contributed by atoms with Crippen LogP contribution >= 0.6 is 0 Å². The Hall–Kier alpha value is -3.45. The van der Waals surface area contributed by atoms with Crippen molar-refractivity contribution in [1.82, 2.24) is 20.1 Å². The van der Waals surface area contributed by atoms with Crippen molar-refractivity contribution in [1.29, 1.82) is 0 Å². The van der Waals surface area contributed by atoms with Crippen LogP contribution in [0.2, 0.25) is 0 Å². The minimum atomic E-state index is -0.141. The van der Waals surface area contributed by atoms with Gasteiger partial charge in [-0.25, -0.2) is 0 Å². The lowest BCUT2D eigenvalue weighted by Crippen LogP contribution is -2.47. The molecule has 1 aromatic heterocycles. The van der Waals surface area contributed by atoms with Gasteiger partial charge < -0.3 is 20.4 Å². The number of fused-ring (bicyclic) bond motifs is 5. The van der Waals surface area contributed by atoms with Crippen LogP contribution in [0.15, 0.2) is 48.7 Å². The fourth-order valence-corrected chi connectivity index (χ4v) is 5.69. The van der Waals surface area contributed by atoms with Gasteiger partial charge in [0.15, 0.2) is 0 Å². The van der Waals surface area contributed by atoms with Crippen molar-refractivity contribution in [2.24, 2.45) is 0 Å². The van der Waals surface area contributed by atoms with Crippen molar-refractivity contribution in [3.63, 3.8) is 0 Å². The lowest BCUT2D eigenvalue weighted by Gasteiger charge is -2.32. The van der Waals surface area contributed by atoms with Crippen LogP contribution in [0, 0.1) is 0 Å². The Morgan fingerprint density at radius 1 is 1.11 bits per heavy atom. The van der Waals surface area contributed by atoms with Crippen molar-refractivity contribution in [3.8, 4) is 11.3 Å². The smallest absolute Gasteiger partial charge is 0.229 e. The summed E-state index contributed by atoms with van der Waals surface area (Å²) in [6.07, 6.45) is 4.27. The summed E-state index contributed by atoms with van der Waals surface area (Å²) in [6, 6.07) is 14.5. The maximum Gasteiger partial charge on any atom is 0.229 e. The number of carbonyl (C=O) groups is 2. The topological polar surface area (TPSA) is 77.6 Å². The summed E-state index contributed by atoms with van der Waals surface area (Å²) < 4.78 is 0. The third-order valence-corrected chi connectivity index (χ3v) is 7.71. The maximum atomic E-state index is 12.9. The molecule has 2 N–H and O–H groups in total. The second-order valence-electron chi connectivity index (χ2n) is 10.0. The molecular weight excluding hydrogens is 438 g/mol. The van der Waals surface area contributed by atoms with E-state index < -0.39 is 0 Å². The molecule has 0 bridgehead atoms. The summed E-state index contributed by atoms with van der Waals surface area (Å²) in [4.78, 5) is 34.5. The van der Waals surface area contributed by atoms with Gasteiger partial charge in [0, 0.05) is 67.0 Å². The van der Waals surface area contributed by atoms with Gasteiger partial charge in [0.1, 0.15) is 0 Å². The lowest BCUT2D eigenvalue weighted by atomic mass is 9.91. The summed E-state index contributed by atoms with van der Waals surface area (Å²) in [5, 5.41) is 8.87. The molecule has 2 atom stereocenters. The molecule has 0 radical (unpaired) electrons. The van der Waals surface area contributed by atoms with Gasteiger partial charge in [0.05, 0.1) is 18.0 Å². The lowest BCUT2D eigenvalue weighted by molar-refractivity contribution is -0.132. The van der Waals surface area contributed by atoms with Crippen molar-refractivity contribution in [2.45, 2.75) is 31.2 Å². The summed E-state index contributed by atoms with van der Waals surface area (Å²) >= 11 is 0. The molecule has 2 amide bonds. The molecule has 3 aliphatic rings. The molecule has 6 rings (SSSR count). The van der Waals surface area contributed by atoms with Crippen LogP contribution in [0.1, 0.15) is 29.9 Å². The fourth-order valence-electron chi connectivity index (χ4n) is 5.69. The second-order valence-corrected chi connectivity index (χ2v) is 10.0. The van der Waals surface area contributed by atoms with Crippen LogP contribution in [0.25, 0.3) is 22.0 Å². The fraction of sp³-hybridized carbons (Fsp3) is 0.393. The molecule has 2 saturated heterocycles. The first-order chi connectivity index (χ1) is 17.1. The highest BCUT2D eigenvalue weighted by atomic mass is 16.2. The molecule has 7 nitrogen and oxygen atoms in total. The molecule has 2 unspecified atom stereocenters. The van der Waals surface area contributed by atoms with E-state index in [4.69, 9.17) is 4.98 Å². The van der Waals surface area contributed by atoms with Crippen LogP contribution in [0.3, 0.4) is 0 Å². The van der Waals surface area contributed by atoms with E-state index in [1.165, 1.54) is 0 Å². The minimum Gasteiger partial charge on any atom is -0.380 e. The number of nitrogens with one attached hydrogen (secondary N) is 2. The molecule has 4 heterocycles. The average molecular weight is 470 g/mol. The van der Waals surface area contributed by atoms with Gasteiger partial charge in [-0.15, -0.1) is 0 Å². The molecule has 2 aromatic carbocycles. The monoisotopic (exact) mass is 469 g/mol. The molecule has 2 fully saturated rings. The normalized spacial score (nSPS) is 22.2. The van der Waals surface area contributed by atoms with Gasteiger partial charge >= 0.3 is 0 Å². The Balaban J connectivity index is 1.29. The molecule has 180 valence electrons.